The molecular formula is C14H26N6. The molecule has 1 aliphatic rings. The molecule has 0 atom stereocenters. The zero-order valence-corrected chi connectivity index (χ0v) is 13.1. The summed E-state index contributed by atoms with van der Waals surface area (Å²) in [6.07, 6.45) is 3.50. The summed E-state index contributed by atoms with van der Waals surface area (Å²) in [7, 11) is 2.03. The van der Waals surface area contributed by atoms with E-state index in [9.17, 15) is 0 Å². The van der Waals surface area contributed by atoms with Crippen LogP contribution in [0.3, 0.4) is 0 Å². The lowest BCUT2D eigenvalue weighted by atomic mass is 10.4. The van der Waals surface area contributed by atoms with Gasteiger partial charge in [-0.25, -0.2) is 0 Å². The molecule has 6 heteroatoms. The molecule has 0 aromatic carbocycles. The van der Waals surface area contributed by atoms with Crippen molar-refractivity contribution < 1.29 is 0 Å². The van der Waals surface area contributed by atoms with Gasteiger partial charge in [0.1, 0.15) is 0 Å². The second kappa shape index (κ2) is 6.72. The van der Waals surface area contributed by atoms with Gasteiger partial charge >= 0.3 is 0 Å². The molecule has 0 saturated carbocycles. The second-order valence-electron chi connectivity index (χ2n) is 5.58. The number of hydrogen-bond acceptors (Lipinski definition) is 6. The first kappa shape index (κ1) is 14.8. The summed E-state index contributed by atoms with van der Waals surface area (Å²) in [4.78, 5) is 18.1. The Kier molecular flexibility index (Phi) is 4.98. The third kappa shape index (κ3) is 3.49. The van der Waals surface area contributed by atoms with E-state index >= 15 is 0 Å². The van der Waals surface area contributed by atoms with E-state index in [2.05, 4.69) is 50.8 Å². The number of hydrogen-bond donors (Lipinski definition) is 1. The smallest absolute Gasteiger partial charge is 0.231 e. The van der Waals surface area contributed by atoms with Crippen LogP contribution in [0.1, 0.15) is 40.0 Å². The van der Waals surface area contributed by atoms with Crippen LogP contribution in [0, 0.1) is 0 Å². The topological polar surface area (TPSA) is 57.2 Å². The van der Waals surface area contributed by atoms with E-state index in [4.69, 9.17) is 0 Å². The summed E-state index contributed by atoms with van der Waals surface area (Å²) in [5.41, 5.74) is 0. The van der Waals surface area contributed by atoms with Crippen LogP contribution in [0.15, 0.2) is 0 Å². The Balaban J connectivity index is 2.27. The predicted molar refractivity (Wildman–Crippen MR) is 83.6 cm³/mol. The molecule has 1 aromatic heterocycles. The molecule has 2 heterocycles. The largest absolute Gasteiger partial charge is 0.354 e. The first-order valence-electron chi connectivity index (χ1n) is 7.59. The molecule has 0 unspecified atom stereocenters. The molecule has 1 aliphatic heterocycles. The average Bonchev–Trinajstić information content (AvgIpc) is 2.98. The van der Waals surface area contributed by atoms with Crippen LogP contribution in [0.25, 0.3) is 0 Å². The van der Waals surface area contributed by atoms with E-state index in [1.165, 1.54) is 12.8 Å². The van der Waals surface area contributed by atoms with Gasteiger partial charge in [0.15, 0.2) is 0 Å². The highest BCUT2D eigenvalue weighted by atomic mass is 15.4. The zero-order chi connectivity index (χ0) is 14.5. The summed E-state index contributed by atoms with van der Waals surface area (Å²) in [5, 5.41) is 3.28. The Morgan fingerprint density at radius 2 is 1.90 bits per heavy atom. The van der Waals surface area contributed by atoms with Gasteiger partial charge in [-0.3, -0.25) is 0 Å². The Hall–Kier alpha value is -1.59. The second-order valence-corrected chi connectivity index (χ2v) is 5.58. The highest BCUT2D eigenvalue weighted by Gasteiger charge is 2.19. The maximum Gasteiger partial charge on any atom is 0.231 e. The molecular weight excluding hydrogens is 252 g/mol. The molecule has 1 fully saturated rings. The highest BCUT2D eigenvalue weighted by Crippen LogP contribution is 2.20. The van der Waals surface area contributed by atoms with Crippen molar-refractivity contribution in [2.24, 2.45) is 0 Å². The van der Waals surface area contributed by atoms with Gasteiger partial charge in [-0.15, -0.1) is 0 Å². The first-order valence-corrected chi connectivity index (χ1v) is 7.59. The molecule has 6 nitrogen and oxygen atoms in total. The van der Waals surface area contributed by atoms with E-state index in [1.54, 1.807) is 0 Å². The first-order chi connectivity index (χ1) is 9.61. The van der Waals surface area contributed by atoms with E-state index in [-0.39, 0.29) is 0 Å². The van der Waals surface area contributed by atoms with Crippen LogP contribution in [0.5, 0.6) is 0 Å². The van der Waals surface area contributed by atoms with E-state index in [0.29, 0.717) is 12.0 Å². The van der Waals surface area contributed by atoms with Crippen molar-refractivity contribution >= 4 is 17.8 Å². The van der Waals surface area contributed by atoms with Crippen molar-refractivity contribution in [3.05, 3.63) is 0 Å². The van der Waals surface area contributed by atoms with Crippen LogP contribution >= 0.6 is 0 Å². The van der Waals surface area contributed by atoms with Crippen molar-refractivity contribution in [2.45, 2.75) is 46.1 Å². The molecule has 0 amide bonds. The maximum absolute atomic E-state index is 4.63. The number of nitrogens with one attached hydrogen (secondary N) is 1. The third-order valence-corrected chi connectivity index (χ3v) is 3.62. The predicted octanol–water partition coefficient (Wildman–Crippen LogP) is 2.14. The van der Waals surface area contributed by atoms with Crippen LogP contribution in [-0.4, -0.2) is 47.7 Å². The fraction of sp³-hybridized carbons (Fsp3) is 0.786. The molecule has 20 heavy (non-hydrogen) atoms. The Labute approximate surface area is 121 Å². The molecule has 2 rings (SSSR count). The summed E-state index contributed by atoms with van der Waals surface area (Å²) in [6, 6.07) is 0.364. The van der Waals surface area contributed by atoms with Crippen molar-refractivity contribution in [3.8, 4) is 0 Å². The molecule has 1 N–H and O–H groups in total. The number of nitrogens with zero attached hydrogens (tertiary/aromatic N) is 5. The van der Waals surface area contributed by atoms with E-state index < -0.39 is 0 Å². The van der Waals surface area contributed by atoms with Crippen molar-refractivity contribution in [2.75, 3.05) is 41.8 Å². The van der Waals surface area contributed by atoms with Gasteiger partial charge in [-0.2, -0.15) is 15.0 Å². The van der Waals surface area contributed by atoms with E-state index in [0.717, 1.165) is 38.0 Å². The van der Waals surface area contributed by atoms with Crippen LogP contribution < -0.4 is 15.1 Å². The van der Waals surface area contributed by atoms with Crippen LogP contribution in [0.4, 0.5) is 17.8 Å². The van der Waals surface area contributed by atoms with Gasteiger partial charge in [0.05, 0.1) is 0 Å². The maximum atomic E-state index is 4.63. The Bertz CT molecular complexity index is 407. The lowest BCUT2D eigenvalue weighted by molar-refractivity contribution is 0.721. The fourth-order valence-corrected chi connectivity index (χ4v) is 2.12. The summed E-state index contributed by atoms with van der Waals surface area (Å²) < 4.78 is 0. The van der Waals surface area contributed by atoms with Gasteiger partial charge in [-0.05, 0) is 33.1 Å². The van der Waals surface area contributed by atoms with Crippen molar-refractivity contribution in [3.63, 3.8) is 0 Å². The number of rotatable bonds is 6. The van der Waals surface area contributed by atoms with Gasteiger partial charge < -0.3 is 15.1 Å². The minimum absolute atomic E-state index is 0.364. The van der Waals surface area contributed by atoms with Crippen molar-refractivity contribution in [1.29, 1.82) is 0 Å². The zero-order valence-electron chi connectivity index (χ0n) is 13.1. The molecule has 112 valence electrons. The van der Waals surface area contributed by atoms with Crippen molar-refractivity contribution in [1.82, 2.24) is 15.0 Å². The van der Waals surface area contributed by atoms with E-state index in [1.807, 2.05) is 7.05 Å². The average molecular weight is 278 g/mol. The lowest BCUT2D eigenvalue weighted by Crippen LogP contribution is -2.30. The Morgan fingerprint density at radius 3 is 2.50 bits per heavy atom. The van der Waals surface area contributed by atoms with Gasteiger partial charge in [-0.1, -0.05) is 6.92 Å². The molecule has 0 aliphatic carbocycles. The quantitative estimate of drug-likeness (QED) is 0.860. The number of aromatic nitrogens is 3. The molecule has 1 saturated heterocycles. The number of anilines is 3. The third-order valence-electron chi connectivity index (χ3n) is 3.62. The molecule has 0 bridgehead atoms. The monoisotopic (exact) mass is 278 g/mol. The molecule has 0 spiro atoms. The fourth-order valence-electron chi connectivity index (χ4n) is 2.12. The lowest BCUT2D eigenvalue weighted by Gasteiger charge is -2.24. The normalized spacial score (nSPS) is 14.9. The minimum atomic E-state index is 0.364. The highest BCUT2D eigenvalue weighted by molar-refractivity contribution is 5.45. The Morgan fingerprint density at radius 1 is 1.20 bits per heavy atom. The SMILES string of the molecule is CCCNc1nc(N2CCCC2)nc(N(C)C(C)C)n1. The summed E-state index contributed by atoms with van der Waals surface area (Å²) in [5.74, 6) is 2.24. The standard InChI is InChI=1S/C14H26N6/c1-5-8-15-12-16-13(19(4)11(2)3)18-14(17-12)20-9-6-7-10-20/h11H,5-10H2,1-4H3,(H,15,16,17,18). The van der Waals surface area contributed by atoms with Gasteiger partial charge in [0, 0.05) is 32.7 Å². The minimum Gasteiger partial charge on any atom is -0.354 e. The van der Waals surface area contributed by atoms with Gasteiger partial charge in [0.2, 0.25) is 17.8 Å². The van der Waals surface area contributed by atoms with Gasteiger partial charge in [0.25, 0.3) is 0 Å². The summed E-state index contributed by atoms with van der Waals surface area (Å²) in [6.45, 7) is 9.38. The molecule has 1 aromatic rings. The summed E-state index contributed by atoms with van der Waals surface area (Å²) >= 11 is 0. The molecule has 0 radical (unpaired) electrons. The van der Waals surface area contributed by atoms with Crippen LogP contribution in [-0.2, 0) is 0 Å². The van der Waals surface area contributed by atoms with Crippen LogP contribution in [0.2, 0.25) is 0 Å².